The predicted molar refractivity (Wildman–Crippen MR) is 76.9 cm³/mol. The molecule has 0 aromatic carbocycles. The van der Waals surface area contributed by atoms with Crippen molar-refractivity contribution in [2.24, 2.45) is 0 Å². The summed E-state index contributed by atoms with van der Waals surface area (Å²) < 4.78 is 5.14. The molecule has 0 saturated heterocycles. The number of aromatic nitrogens is 3. The Morgan fingerprint density at radius 1 is 1.42 bits per heavy atom. The summed E-state index contributed by atoms with van der Waals surface area (Å²) in [6.07, 6.45) is 2.95. The third-order valence-corrected chi connectivity index (χ3v) is 4.00. The van der Waals surface area contributed by atoms with Gasteiger partial charge in [-0.3, -0.25) is 0 Å². The van der Waals surface area contributed by atoms with E-state index in [1.165, 1.54) is 4.88 Å². The van der Waals surface area contributed by atoms with Crippen LogP contribution in [0, 0.1) is 6.92 Å². The lowest BCUT2D eigenvalue weighted by atomic mass is 10.3. The quantitative estimate of drug-likeness (QED) is 0.911. The highest BCUT2D eigenvalue weighted by atomic mass is 32.1. The number of nitrogens with zero attached hydrogens (tertiary/aromatic N) is 3. The molecule has 0 spiro atoms. The molecular formula is C13H18N4OS. The van der Waals surface area contributed by atoms with Crippen LogP contribution in [0.1, 0.15) is 35.6 Å². The fraction of sp³-hybridized carbons (Fsp3) is 0.462. The van der Waals surface area contributed by atoms with Gasteiger partial charge in [-0.15, -0.1) is 11.3 Å². The summed E-state index contributed by atoms with van der Waals surface area (Å²) >= 11 is 1.73. The maximum absolute atomic E-state index is 5.14. The van der Waals surface area contributed by atoms with Crippen molar-refractivity contribution in [3.8, 4) is 5.88 Å². The average Bonchev–Trinajstić information content (AvgIpc) is 2.86. The van der Waals surface area contributed by atoms with Crippen LogP contribution in [0.5, 0.6) is 5.88 Å². The Morgan fingerprint density at radius 3 is 2.84 bits per heavy atom. The van der Waals surface area contributed by atoms with Crippen LogP contribution >= 0.6 is 11.3 Å². The number of anilines is 1. The Balaban J connectivity index is 2.13. The van der Waals surface area contributed by atoms with E-state index in [1.807, 2.05) is 13.1 Å². The maximum atomic E-state index is 5.14. The SMILES string of the molecule is CCc1cnc(C(C)Nc2cc(OC)nc(C)n2)s1. The largest absolute Gasteiger partial charge is 0.481 e. The molecule has 0 aliphatic carbocycles. The molecule has 1 N–H and O–H groups in total. The molecular weight excluding hydrogens is 260 g/mol. The lowest BCUT2D eigenvalue weighted by molar-refractivity contribution is 0.396. The molecule has 0 aliphatic heterocycles. The molecule has 5 nitrogen and oxygen atoms in total. The van der Waals surface area contributed by atoms with Gasteiger partial charge in [0.1, 0.15) is 16.6 Å². The molecule has 0 saturated carbocycles. The van der Waals surface area contributed by atoms with Gasteiger partial charge in [-0.05, 0) is 20.3 Å². The molecule has 2 aromatic rings. The summed E-state index contributed by atoms with van der Waals surface area (Å²) in [5.41, 5.74) is 0. The van der Waals surface area contributed by atoms with Gasteiger partial charge in [-0.1, -0.05) is 6.92 Å². The fourth-order valence-electron chi connectivity index (χ4n) is 1.69. The van der Waals surface area contributed by atoms with E-state index in [0.717, 1.165) is 17.2 Å². The number of thiazole rings is 1. The fourth-order valence-corrected chi connectivity index (χ4v) is 2.55. The minimum atomic E-state index is 0.115. The second kappa shape index (κ2) is 5.97. The van der Waals surface area contributed by atoms with Gasteiger partial charge in [-0.25, -0.2) is 9.97 Å². The van der Waals surface area contributed by atoms with Crippen molar-refractivity contribution in [1.82, 2.24) is 15.0 Å². The van der Waals surface area contributed by atoms with Crippen LogP contribution in [0.25, 0.3) is 0 Å². The smallest absolute Gasteiger partial charge is 0.218 e. The lowest BCUT2D eigenvalue weighted by Crippen LogP contribution is -2.09. The first kappa shape index (κ1) is 13.7. The molecule has 0 radical (unpaired) electrons. The number of rotatable bonds is 5. The molecule has 102 valence electrons. The van der Waals surface area contributed by atoms with Gasteiger partial charge in [0.25, 0.3) is 0 Å². The topological polar surface area (TPSA) is 59.9 Å². The van der Waals surface area contributed by atoms with Crippen LogP contribution in [0.3, 0.4) is 0 Å². The second-order valence-corrected chi connectivity index (χ2v) is 5.37. The Kier molecular flexibility index (Phi) is 4.31. The minimum absolute atomic E-state index is 0.115. The number of aryl methyl sites for hydroxylation is 2. The molecule has 0 amide bonds. The molecule has 0 fully saturated rings. The molecule has 2 aromatic heterocycles. The third kappa shape index (κ3) is 3.41. The van der Waals surface area contributed by atoms with Crippen molar-refractivity contribution < 1.29 is 4.74 Å². The average molecular weight is 278 g/mol. The summed E-state index contributed by atoms with van der Waals surface area (Å²) in [7, 11) is 1.60. The molecule has 2 heterocycles. The van der Waals surface area contributed by atoms with Crippen LogP contribution in [0.4, 0.5) is 5.82 Å². The van der Waals surface area contributed by atoms with Crippen LogP contribution < -0.4 is 10.1 Å². The molecule has 19 heavy (non-hydrogen) atoms. The van der Waals surface area contributed by atoms with Crippen LogP contribution in [-0.2, 0) is 6.42 Å². The van der Waals surface area contributed by atoms with Gasteiger partial charge >= 0.3 is 0 Å². The molecule has 0 bridgehead atoms. The van der Waals surface area contributed by atoms with E-state index in [0.29, 0.717) is 11.7 Å². The van der Waals surface area contributed by atoms with E-state index in [9.17, 15) is 0 Å². The summed E-state index contributed by atoms with van der Waals surface area (Å²) in [5.74, 6) is 2.00. The molecule has 2 rings (SSSR count). The first-order chi connectivity index (χ1) is 9.12. The van der Waals surface area contributed by atoms with Crippen molar-refractivity contribution in [2.75, 3.05) is 12.4 Å². The van der Waals surface area contributed by atoms with E-state index in [2.05, 4.69) is 34.1 Å². The minimum Gasteiger partial charge on any atom is -0.481 e. The number of methoxy groups -OCH3 is 1. The van der Waals surface area contributed by atoms with Gasteiger partial charge in [0.15, 0.2) is 0 Å². The van der Waals surface area contributed by atoms with Crippen molar-refractivity contribution in [3.63, 3.8) is 0 Å². The van der Waals surface area contributed by atoms with Crippen LogP contribution in [0.2, 0.25) is 0 Å². The van der Waals surface area contributed by atoms with Crippen molar-refractivity contribution in [1.29, 1.82) is 0 Å². The van der Waals surface area contributed by atoms with Gasteiger partial charge in [-0.2, -0.15) is 4.98 Å². The van der Waals surface area contributed by atoms with Crippen molar-refractivity contribution in [3.05, 3.63) is 28.0 Å². The summed E-state index contributed by atoms with van der Waals surface area (Å²) in [6.45, 7) is 6.05. The highest BCUT2D eigenvalue weighted by molar-refractivity contribution is 7.11. The summed E-state index contributed by atoms with van der Waals surface area (Å²) in [6, 6.07) is 1.90. The van der Waals surface area contributed by atoms with Gasteiger partial charge < -0.3 is 10.1 Å². The second-order valence-electron chi connectivity index (χ2n) is 4.23. The van der Waals surface area contributed by atoms with Crippen molar-refractivity contribution >= 4 is 17.2 Å². The van der Waals surface area contributed by atoms with Gasteiger partial charge in [0.2, 0.25) is 5.88 Å². The molecule has 1 atom stereocenters. The number of nitrogens with one attached hydrogen (secondary N) is 1. The standard InChI is InChI=1S/C13H18N4OS/c1-5-10-7-14-13(19-10)8(2)15-11-6-12(18-4)17-9(3)16-11/h6-8H,5H2,1-4H3,(H,15,16,17). The zero-order valence-corrected chi connectivity index (χ0v) is 12.4. The molecule has 1 unspecified atom stereocenters. The Morgan fingerprint density at radius 2 is 2.21 bits per heavy atom. The van der Waals surface area contributed by atoms with Gasteiger partial charge in [0.05, 0.1) is 13.2 Å². The lowest BCUT2D eigenvalue weighted by Gasteiger charge is -2.12. The number of ether oxygens (including phenoxy) is 1. The van der Waals surface area contributed by atoms with E-state index in [-0.39, 0.29) is 6.04 Å². The third-order valence-electron chi connectivity index (χ3n) is 2.68. The monoisotopic (exact) mass is 278 g/mol. The Labute approximate surface area is 117 Å². The van der Waals surface area contributed by atoms with E-state index >= 15 is 0 Å². The number of hydrogen-bond acceptors (Lipinski definition) is 6. The summed E-state index contributed by atoms with van der Waals surface area (Å²) in [5, 5.41) is 4.39. The van der Waals surface area contributed by atoms with Crippen LogP contribution in [-0.4, -0.2) is 22.1 Å². The zero-order chi connectivity index (χ0) is 13.8. The molecule has 6 heteroatoms. The molecule has 0 aliphatic rings. The van der Waals surface area contributed by atoms with Gasteiger partial charge in [0, 0.05) is 17.1 Å². The van der Waals surface area contributed by atoms with E-state index in [4.69, 9.17) is 4.74 Å². The van der Waals surface area contributed by atoms with E-state index in [1.54, 1.807) is 24.5 Å². The van der Waals surface area contributed by atoms with Crippen LogP contribution in [0.15, 0.2) is 12.3 Å². The summed E-state index contributed by atoms with van der Waals surface area (Å²) in [4.78, 5) is 14.2. The Hall–Kier alpha value is -1.69. The first-order valence-electron chi connectivity index (χ1n) is 6.23. The van der Waals surface area contributed by atoms with Crippen molar-refractivity contribution in [2.45, 2.75) is 33.2 Å². The highest BCUT2D eigenvalue weighted by Crippen LogP contribution is 2.24. The Bertz CT molecular complexity index is 555. The maximum Gasteiger partial charge on any atom is 0.218 e. The zero-order valence-electron chi connectivity index (χ0n) is 11.6. The normalized spacial score (nSPS) is 12.2. The first-order valence-corrected chi connectivity index (χ1v) is 7.04. The predicted octanol–water partition coefficient (Wildman–Crippen LogP) is 2.99. The number of hydrogen-bond donors (Lipinski definition) is 1. The highest BCUT2D eigenvalue weighted by Gasteiger charge is 2.11. The van der Waals surface area contributed by atoms with E-state index < -0.39 is 0 Å².